The van der Waals surface area contributed by atoms with E-state index in [-0.39, 0.29) is 12.2 Å². The van der Waals surface area contributed by atoms with Gasteiger partial charge in [0.15, 0.2) is 0 Å². The Hall–Kier alpha value is -1.01. The number of halogens is 4. The Morgan fingerprint density at radius 2 is 1.85 bits per heavy atom. The Bertz CT molecular complexity index is 622. The van der Waals surface area contributed by atoms with Crippen LogP contribution < -0.4 is 11.3 Å². The molecule has 2 aromatic rings. The summed E-state index contributed by atoms with van der Waals surface area (Å²) in [6, 6.07) is 8.22. The highest BCUT2D eigenvalue weighted by Crippen LogP contribution is 2.26. The minimum absolute atomic E-state index is 0.207. The fourth-order valence-electron chi connectivity index (χ4n) is 1.96. The quantitative estimate of drug-likeness (QED) is 0.635. The zero-order valence-electron chi connectivity index (χ0n) is 10.3. The molecule has 3 N–H and O–H groups in total. The highest BCUT2D eigenvalue weighted by Gasteiger charge is 2.17. The second kappa shape index (κ2) is 6.63. The van der Waals surface area contributed by atoms with E-state index in [9.17, 15) is 8.78 Å². The summed E-state index contributed by atoms with van der Waals surface area (Å²) in [6.45, 7) is 0. The number of hydrogen-bond acceptors (Lipinski definition) is 2. The zero-order chi connectivity index (χ0) is 14.7. The highest BCUT2D eigenvalue weighted by molar-refractivity contribution is 9.10. The van der Waals surface area contributed by atoms with Crippen molar-refractivity contribution < 1.29 is 8.78 Å². The van der Waals surface area contributed by atoms with E-state index in [1.54, 1.807) is 12.1 Å². The second-order valence-corrected chi connectivity index (χ2v) is 5.68. The van der Waals surface area contributed by atoms with Crippen molar-refractivity contribution >= 4 is 27.5 Å². The summed E-state index contributed by atoms with van der Waals surface area (Å²) in [5.41, 5.74) is 3.24. The van der Waals surface area contributed by atoms with Crippen LogP contribution in [0.2, 0.25) is 5.02 Å². The Morgan fingerprint density at radius 3 is 2.55 bits per heavy atom. The SMILES string of the molecule is NNC(Cc1cc(Br)ccc1F)c1cc(Cl)ccc1F. The molecule has 0 bridgehead atoms. The Balaban J connectivity index is 2.33. The highest BCUT2D eigenvalue weighted by atomic mass is 79.9. The van der Waals surface area contributed by atoms with Crippen molar-refractivity contribution in [1.82, 2.24) is 5.43 Å². The molecule has 0 spiro atoms. The predicted octanol–water partition coefficient (Wildman–Crippen LogP) is 4.13. The topological polar surface area (TPSA) is 38.0 Å². The van der Waals surface area contributed by atoms with E-state index in [4.69, 9.17) is 17.4 Å². The first-order chi connectivity index (χ1) is 9.51. The summed E-state index contributed by atoms with van der Waals surface area (Å²) >= 11 is 9.14. The molecule has 0 radical (unpaired) electrons. The number of benzene rings is 2. The van der Waals surface area contributed by atoms with E-state index in [1.165, 1.54) is 24.3 Å². The van der Waals surface area contributed by atoms with Crippen molar-refractivity contribution in [3.8, 4) is 0 Å². The summed E-state index contributed by atoms with van der Waals surface area (Å²) in [5.74, 6) is 4.66. The van der Waals surface area contributed by atoms with Crippen molar-refractivity contribution in [2.24, 2.45) is 5.84 Å². The molecule has 0 aliphatic rings. The van der Waals surface area contributed by atoms with Gasteiger partial charge in [-0.15, -0.1) is 0 Å². The van der Waals surface area contributed by atoms with Gasteiger partial charge in [0.1, 0.15) is 11.6 Å². The van der Waals surface area contributed by atoms with Crippen LogP contribution in [0.15, 0.2) is 40.9 Å². The minimum atomic E-state index is -0.572. The Kier molecular flexibility index (Phi) is 5.10. The lowest BCUT2D eigenvalue weighted by Gasteiger charge is -2.18. The molecule has 2 nitrogen and oxygen atoms in total. The van der Waals surface area contributed by atoms with Crippen LogP contribution in [0.4, 0.5) is 8.78 Å². The largest absolute Gasteiger partial charge is 0.271 e. The third-order valence-corrected chi connectivity index (χ3v) is 3.69. The molecule has 0 heterocycles. The van der Waals surface area contributed by atoms with Gasteiger partial charge in [-0.2, -0.15) is 0 Å². The third-order valence-electron chi connectivity index (χ3n) is 2.97. The van der Waals surface area contributed by atoms with Crippen LogP contribution in [-0.4, -0.2) is 0 Å². The van der Waals surface area contributed by atoms with Crippen LogP contribution in [0.5, 0.6) is 0 Å². The van der Waals surface area contributed by atoms with Crippen molar-refractivity contribution in [3.05, 3.63) is 68.7 Å². The predicted molar refractivity (Wildman–Crippen MR) is 79.3 cm³/mol. The molecule has 0 aliphatic heterocycles. The molecule has 20 heavy (non-hydrogen) atoms. The molecule has 0 amide bonds. The van der Waals surface area contributed by atoms with Gasteiger partial charge >= 0.3 is 0 Å². The molecular formula is C14H12BrClF2N2. The summed E-state index contributed by atoms with van der Waals surface area (Å²) < 4.78 is 28.3. The first-order valence-electron chi connectivity index (χ1n) is 5.86. The van der Waals surface area contributed by atoms with Crippen molar-refractivity contribution in [2.75, 3.05) is 0 Å². The first-order valence-corrected chi connectivity index (χ1v) is 7.03. The number of nitrogens with two attached hydrogens (primary N) is 1. The minimum Gasteiger partial charge on any atom is -0.271 e. The molecule has 0 saturated heterocycles. The lowest BCUT2D eigenvalue weighted by atomic mass is 9.98. The van der Waals surface area contributed by atoms with Gasteiger partial charge in [-0.05, 0) is 48.4 Å². The first kappa shape index (κ1) is 15.4. The average molecular weight is 362 g/mol. The van der Waals surface area contributed by atoms with E-state index >= 15 is 0 Å². The molecule has 0 fully saturated rings. The Labute approximate surface area is 129 Å². The molecule has 0 saturated carbocycles. The summed E-state index contributed by atoms with van der Waals surface area (Å²) in [7, 11) is 0. The normalized spacial score (nSPS) is 12.4. The van der Waals surface area contributed by atoms with Gasteiger partial charge in [-0.1, -0.05) is 27.5 Å². The van der Waals surface area contributed by atoms with E-state index < -0.39 is 11.9 Å². The fourth-order valence-corrected chi connectivity index (χ4v) is 2.55. The van der Waals surface area contributed by atoms with Gasteiger partial charge in [0.05, 0.1) is 6.04 Å². The second-order valence-electron chi connectivity index (χ2n) is 4.32. The standard InChI is InChI=1S/C14H12BrClF2N2/c15-9-1-3-12(17)8(5-9)6-14(20-19)11-7-10(16)2-4-13(11)18/h1-5,7,14,20H,6,19H2. The van der Waals surface area contributed by atoms with Crippen LogP contribution in [0.3, 0.4) is 0 Å². The number of hydrazine groups is 1. The van der Waals surface area contributed by atoms with Crippen LogP contribution in [0.1, 0.15) is 17.2 Å². The van der Waals surface area contributed by atoms with E-state index in [2.05, 4.69) is 21.4 Å². The number of nitrogens with one attached hydrogen (secondary N) is 1. The summed E-state index contributed by atoms with van der Waals surface area (Å²) in [5, 5.41) is 0.399. The third kappa shape index (κ3) is 3.55. The molecule has 2 aromatic carbocycles. The summed E-state index contributed by atoms with van der Waals surface area (Å²) in [4.78, 5) is 0. The number of hydrogen-bond donors (Lipinski definition) is 2. The molecule has 1 unspecified atom stereocenters. The maximum Gasteiger partial charge on any atom is 0.128 e. The van der Waals surface area contributed by atoms with Crippen LogP contribution >= 0.6 is 27.5 Å². The smallest absolute Gasteiger partial charge is 0.128 e. The Morgan fingerprint density at radius 1 is 1.15 bits per heavy atom. The lowest BCUT2D eigenvalue weighted by Crippen LogP contribution is -2.30. The molecule has 6 heteroatoms. The molecule has 2 rings (SSSR count). The molecule has 0 aromatic heterocycles. The zero-order valence-corrected chi connectivity index (χ0v) is 12.7. The molecule has 1 atom stereocenters. The fraction of sp³-hybridized carbons (Fsp3) is 0.143. The van der Waals surface area contributed by atoms with E-state index in [0.717, 1.165) is 4.47 Å². The number of rotatable bonds is 4. The van der Waals surface area contributed by atoms with Gasteiger partial charge < -0.3 is 0 Å². The van der Waals surface area contributed by atoms with Crippen LogP contribution in [0, 0.1) is 11.6 Å². The maximum absolute atomic E-state index is 13.8. The van der Waals surface area contributed by atoms with Gasteiger partial charge in [0, 0.05) is 15.1 Å². The van der Waals surface area contributed by atoms with E-state index in [1.807, 2.05) is 0 Å². The van der Waals surface area contributed by atoms with Crippen LogP contribution in [0.25, 0.3) is 0 Å². The average Bonchev–Trinajstić information content (AvgIpc) is 2.42. The van der Waals surface area contributed by atoms with Crippen LogP contribution in [-0.2, 0) is 6.42 Å². The molecular weight excluding hydrogens is 350 g/mol. The van der Waals surface area contributed by atoms with Gasteiger partial charge in [-0.3, -0.25) is 11.3 Å². The molecule has 0 aliphatic carbocycles. The molecule has 106 valence electrons. The van der Waals surface area contributed by atoms with Gasteiger partial charge in [0.2, 0.25) is 0 Å². The van der Waals surface area contributed by atoms with Crippen molar-refractivity contribution in [2.45, 2.75) is 12.5 Å². The monoisotopic (exact) mass is 360 g/mol. The van der Waals surface area contributed by atoms with E-state index in [0.29, 0.717) is 16.1 Å². The maximum atomic E-state index is 13.8. The van der Waals surface area contributed by atoms with Crippen molar-refractivity contribution in [3.63, 3.8) is 0 Å². The van der Waals surface area contributed by atoms with Gasteiger partial charge in [-0.25, -0.2) is 8.78 Å². The lowest BCUT2D eigenvalue weighted by molar-refractivity contribution is 0.498. The van der Waals surface area contributed by atoms with Gasteiger partial charge in [0.25, 0.3) is 0 Å². The van der Waals surface area contributed by atoms with Crippen molar-refractivity contribution in [1.29, 1.82) is 0 Å². The summed E-state index contributed by atoms with van der Waals surface area (Å²) in [6.07, 6.45) is 0.207.